The van der Waals surface area contributed by atoms with E-state index < -0.39 is 0 Å². The summed E-state index contributed by atoms with van der Waals surface area (Å²) in [6.07, 6.45) is 2.25. The first-order valence-corrected chi connectivity index (χ1v) is 8.46. The van der Waals surface area contributed by atoms with Crippen molar-refractivity contribution >= 4 is 5.97 Å². The van der Waals surface area contributed by atoms with Crippen molar-refractivity contribution < 1.29 is 14.1 Å². The van der Waals surface area contributed by atoms with Gasteiger partial charge in [0.15, 0.2) is 5.76 Å². The molecule has 0 amide bonds. The molecule has 5 heteroatoms. The van der Waals surface area contributed by atoms with Gasteiger partial charge in [0.05, 0.1) is 24.4 Å². The first-order valence-electron chi connectivity index (χ1n) is 8.46. The summed E-state index contributed by atoms with van der Waals surface area (Å²) in [5, 5.41) is 4.19. The highest BCUT2D eigenvalue weighted by Gasteiger charge is 2.29. The third kappa shape index (κ3) is 3.51. The van der Waals surface area contributed by atoms with Crippen LogP contribution in [-0.4, -0.2) is 29.7 Å². The Bertz CT molecular complexity index is 691. The highest BCUT2D eigenvalue weighted by atomic mass is 16.5. The van der Waals surface area contributed by atoms with Gasteiger partial charge in [0, 0.05) is 12.6 Å². The zero-order chi connectivity index (χ0) is 17.1. The minimum Gasteiger partial charge on any atom is -0.465 e. The summed E-state index contributed by atoms with van der Waals surface area (Å²) in [5.74, 6) is 1.04. The second-order valence-electron chi connectivity index (χ2n) is 6.63. The van der Waals surface area contributed by atoms with Crippen LogP contribution in [-0.2, 0) is 11.3 Å². The van der Waals surface area contributed by atoms with Gasteiger partial charge in [-0.1, -0.05) is 31.1 Å². The lowest BCUT2D eigenvalue weighted by Crippen LogP contribution is -2.22. The van der Waals surface area contributed by atoms with E-state index in [1.54, 1.807) is 0 Å². The number of benzene rings is 1. The summed E-state index contributed by atoms with van der Waals surface area (Å²) in [6.45, 7) is 6.12. The SMILES string of the molecule is COC(=O)c1ccc(CN2CCCC2c2cc(C(C)C)no2)cc1. The van der Waals surface area contributed by atoms with Gasteiger partial charge in [-0.3, -0.25) is 4.90 Å². The summed E-state index contributed by atoms with van der Waals surface area (Å²) < 4.78 is 10.3. The Balaban J connectivity index is 1.70. The zero-order valence-corrected chi connectivity index (χ0v) is 14.5. The van der Waals surface area contributed by atoms with Gasteiger partial charge in [-0.05, 0) is 43.0 Å². The van der Waals surface area contributed by atoms with Crippen molar-refractivity contribution in [3.05, 3.63) is 52.9 Å². The fraction of sp³-hybridized carbons (Fsp3) is 0.474. The van der Waals surface area contributed by atoms with E-state index in [4.69, 9.17) is 9.26 Å². The maximum absolute atomic E-state index is 11.5. The number of esters is 1. The minimum absolute atomic E-state index is 0.283. The summed E-state index contributed by atoms with van der Waals surface area (Å²) in [5.41, 5.74) is 2.77. The molecule has 1 aliphatic rings. The second kappa shape index (κ2) is 7.18. The van der Waals surface area contributed by atoms with Gasteiger partial charge in [0.25, 0.3) is 0 Å². The monoisotopic (exact) mass is 328 g/mol. The predicted molar refractivity (Wildman–Crippen MR) is 90.8 cm³/mol. The molecular formula is C19H24N2O3. The van der Waals surface area contributed by atoms with Crippen molar-refractivity contribution in [2.45, 2.75) is 45.2 Å². The number of hydrogen-bond acceptors (Lipinski definition) is 5. The Morgan fingerprint density at radius 2 is 2.12 bits per heavy atom. The summed E-state index contributed by atoms with van der Waals surface area (Å²) in [4.78, 5) is 13.9. The van der Waals surface area contributed by atoms with Gasteiger partial charge in [-0.2, -0.15) is 0 Å². The average molecular weight is 328 g/mol. The van der Waals surface area contributed by atoms with Crippen LogP contribution in [0.3, 0.4) is 0 Å². The van der Waals surface area contributed by atoms with Gasteiger partial charge in [-0.25, -0.2) is 4.79 Å². The molecule has 0 aliphatic carbocycles. The van der Waals surface area contributed by atoms with Crippen molar-refractivity contribution in [3.8, 4) is 0 Å². The van der Waals surface area contributed by atoms with Crippen LogP contribution in [0, 0.1) is 0 Å². The number of methoxy groups -OCH3 is 1. The Morgan fingerprint density at radius 1 is 1.38 bits per heavy atom. The molecule has 2 aromatic rings. The van der Waals surface area contributed by atoms with Crippen LogP contribution < -0.4 is 0 Å². The molecule has 3 rings (SSSR count). The summed E-state index contributed by atoms with van der Waals surface area (Å²) in [6, 6.07) is 9.98. The number of aromatic nitrogens is 1. The zero-order valence-electron chi connectivity index (χ0n) is 14.5. The van der Waals surface area contributed by atoms with E-state index >= 15 is 0 Å². The molecule has 2 heterocycles. The van der Waals surface area contributed by atoms with E-state index in [2.05, 4.69) is 30.0 Å². The number of carbonyl (C=O) groups excluding carboxylic acids is 1. The van der Waals surface area contributed by atoms with E-state index in [0.717, 1.165) is 37.4 Å². The van der Waals surface area contributed by atoms with Crippen LogP contribution in [0.2, 0.25) is 0 Å². The lowest BCUT2D eigenvalue weighted by molar-refractivity contribution is 0.0600. The van der Waals surface area contributed by atoms with Crippen molar-refractivity contribution in [2.24, 2.45) is 0 Å². The van der Waals surface area contributed by atoms with E-state index in [-0.39, 0.29) is 12.0 Å². The van der Waals surface area contributed by atoms with Crippen LogP contribution in [0.5, 0.6) is 0 Å². The third-order valence-corrected chi connectivity index (χ3v) is 4.59. The highest BCUT2D eigenvalue weighted by molar-refractivity contribution is 5.89. The Kier molecular flexibility index (Phi) is 5.00. The molecule has 1 aromatic heterocycles. The predicted octanol–water partition coefficient (Wildman–Crippen LogP) is 3.92. The number of carbonyl (C=O) groups is 1. The maximum Gasteiger partial charge on any atom is 0.337 e. The molecule has 5 nitrogen and oxygen atoms in total. The Hall–Kier alpha value is -2.14. The number of ether oxygens (including phenoxy) is 1. The number of rotatable bonds is 5. The number of hydrogen-bond donors (Lipinski definition) is 0. The lowest BCUT2D eigenvalue weighted by atomic mass is 10.1. The maximum atomic E-state index is 11.5. The molecular weight excluding hydrogens is 304 g/mol. The number of nitrogens with zero attached hydrogens (tertiary/aromatic N) is 2. The van der Waals surface area contributed by atoms with Crippen molar-refractivity contribution in [1.29, 1.82) is 0 Å². The van der Waals surface area contributed by atoms with Crippen molar-refractivity contribution in [3.63, 3.8) is 0 Å². The van der Waals surface area contributed by atoms with E-state index in [1.165, 1.54) is 12.7 Å². The van der Waals surface area contributed by atoms with Gasteiger partial charge < -0.3 is 9.26 Å². The third-order valence-electron chi connectivity index (χ3n) is 4.59. The standard InChI is InChI=1S/C19H24N2O3/c1-13(2)16-11-18(24-20-16)17-5-4-10-21(17)12-14-6-8-15(9-7-14)19(22)23-3/h6-9,11,13,17H,4-5,10,12H2,1-3H3. The molecule has 0 N–H and O–H groups in total. The summed E-state index contributed by atoms with van der Waals surface area (Å²) >= 11 is 0. The molecule has 0 radical (unpaired) electrons. The number of likely N-dealkylation sites (tertiary alicyclic amines) is 1. The van der Waals surface area contributed by atoms with Gasteiger partial charge in [-0.15, -0.1) is 0 Å². The Morgan fingerprint density at radius 3 is 2.75 bits per heavy atom. The van der Waals surface area contributed by atoms with Crippen molar-refractivity contribution in [1.82, 2.24) is 10.1 Å². The van der Waals surface area contributed by atoms with Gasteiger partial charge in [0.2, 0.25) is 0 Å². The van der Waals surface area contributed by atoms with Crippen molar-refractivity contribution in [2.75, 3.05) is 13.7 Å². The fourth-order valence-corrected chi connectivity index (χ4v) is 3.17. The molecule has 128 valence electrons. The molecule has 1 aromatic carbocycles. The van der Waals surface area contributed by atoms with Crippen LogP contribution in [0.25, 0.3) is 0 Å². The van der Waals surface area contributed by atoms with Gasteiger partial charge >= 0.3 is 5.97 Å². The van der Waals surface area contributed by atoms with Crippen LogP contribution >= 0.6 is 0 Å². The molecule has 0 spiro atoms. The molecule has 1 unspecified atom stereocenters. The smallest absolute Gasteiger partial charge is 0.337 e. The largest absolute Gasteiger partial charge is 0.465 e. The molecule has 1 fully saturated rings. The highest BCUT2D eigenvalue weighted by Crippen LogP contribution is 2.34. The minimum atomic E-state index is -0.302. The second-order valence-corrected chi connectivity index (χ2v) is 6.63. The topological polar surface area (TPSA) is 55.6 Å². The first-order chi connectivity index (χ1) is 11.6. The molecule has 0 saturated carbocycles. The van der Waals surface area contributed by atoms with Crippen LogP contribution in [0.1, 0.15) is 66.0 Å². The van der Waals surface area contributed by atoms with E-state index in [1.807, 2.05) is 24.3 Å². The fourth-order valence-electron chi connectivity index (χ4n) is 3.17. The molecule has 24 heavy (non-hydrogen) atoms. The molecule has 1 saturated heterocycles. The molecule has 1 aliphatic heterocycles. The van der Waals surface area contributed by atoms with E-state index in [0.29, 0.717) is 11.5 Å². The normalized spacial score (nSPS) is 18.2. The lowest BCUT2D eigenvalue weighted by Gasteiger charge is -2.22. The van der Waals surface area contributed by atoms with E-state index in [9.17, 15) is 4.79 Å². The van der Waals surface area contributed by atoms with Crippen LogP contribution in [0.4, 0.5) is 0 Å². The first kappa shape index (κ1) is 16.7. The summed E-state index contributed by atoms with van der Waals surface area (Å²) in [7, 11) is 1.40. The molecule has 1 atom stereocenters. The van der Waals surface area contributed by atoms with Crippen LogP contribution in [0.15, 0.2) is 34.9 Å². The average Bonchev–Trinajstić information content (AvgIpc) is 3.23. The molecule has 0 bridgehead atoms. The Labute approximate surface area is 142 Å². The quantitative estimate of drug-likeness (QED) is 0.779. The van der Waals surface area contributed by atoms with Gasteiger partial charge in [0.1, 0.15) is 0 Å².